The van der Waals surface area contributed by atoms with Gasteiger partial charge >= 0.3 is 0 Å². The molecule has 5 nitrogen and oxygen atoms in total. The lowest BCUT2D eigenvalue weighted by atomic mass is 10.1. The molecule has 1 aromatic carbocycles. The van der Waals surface area contributed by atoms with E-state index in [9.17, 15) is 9.59 Å². The Kier molecular flexibility index (Phi) is 8.16. The number of benzene rings is 1. The van der Waals surface area contributed by atoms with E-state index in [-0.39, 0.29) is 17.9 Å². The van der Waals surface area contributed by atoms with Crippen molar-refractivity contribution in [3.8, 4) is 5.75 Å². The summed E-state index contributed by atoms with van der Waals surface area (Å²) in [4.78, 5) is 25.3. The summed E-state index contributed by atoms with van der Waals surface area (Å²) in [5, 5.41) is 2.92. The SMILES string of the molecule is CCC(C)NC(=O)CCN(CCc1cccc(OC)c1)C(C)=O. The summed E-state index contributed by atoms with van der Waals surface area (Å²) in [6, 6.07) is 7.98. The molecule has 0 aliphatic heterocycles. The van der Waals surface area contributed by atoms with E-state index in [1.54, 1.807) is 12.0 Å². The Morgan fingerprint density at radius 1 is 1.30 bits per heavy atom. The van der Waals surface area contributed by atoms with Gasteiger partial charge in [-0.3, -0.25) is 9.59 Å². The van der Waals surface area contributed by atoms with Crippen molar-refractivity contribution in [3.63, 3.8) is 0 Å². The van der Waals surface area contributed by atoms with Crippen molar-refractivity contribution < 1.29 is 14.3 Å². The number of hydrogen-bond acceptors (Lipinski definition) is 3. The Labute approximate surface area is 139 Å². The molecule has 128 valence electrons. The van der Waals surface area contributed by atoms with Crippen molar-refractivity contribution in [2.45, 2.75) is 46.1 Å². The number of nitrogens with one attached hydrogen (secondary N) is 1. The first-order chi connectivity index (χ1) is 11.0. The third-order valence-electron chi connectivity index (χ3n) is 3.88. The van der Waals surface area contributed by atoms with Gasteiger partial charge in [0.2, 0.25) is 11.8 Å². The largest absolute Gasteiger partial charge is 0.497 e. The summed E-state index contributed by atoms with van der Waals surface area (Å²) in [6.45, 7) is 6.59. The number of carbonyl (C=O) groups is 2. The molecule has 0 aliphatic carbocycles. The Hall–Kier alpha value is -2.04. The summed E-state index contributed by atoms with van der Waals surface area (Å²) < 4.78 is 5.20. The first-order valence-electron chi connectivity index (χ1n) is 8.14. The predicted octanol–water partition coefficient (Wildman–Crippen LogP) is 2.39. The van der Waals surface area contributed by atoms with Crippen molar-refractivity contribution in [2.75, 3.05) is 20.2 Å². The standard InChI is InChI=1S/C18H28N2O3/c1-5-14(2)19-18(22)10-12-20(15(3)21)11-9-16-7-6-8-17(13-16)23-4/h6-8,13-14H,5,9-12H2,1-4H3,(H,19,22). The molecule has 0 saturated carbocycles. The van der Waals surface area contributed by atoms with Crippen LogP contribution in [0.1, 0.15) is 39.2 Å². The second kappa shape index (κ2) is 9.87. The fourth-order valence-corrected chi connectivity index (χ4v) is 2.20. The van der Waals surface area contributed by atoms with Crippen LogP contribution in [0.25, 0.3) is 0 Å². The minimum absolute atomic E-state index is 0.00743. The zero-order chi connectivity index (χ0) is 17.2. The van der Waals surface area contributed by atoms with Crippen LogP contribution in [0.2, 0.25) is 0 Å². The number of carbonyl (C=O) groups excluding carboxylic acids is 2. The van der Waals surface area contributed by atoms with Gasteiger partial charge in [0.25, 0.3) is 0 Å². The molecule has 2 amide bonds. The summed E-state index contributed by atoms with van der Waals surface area (Å²) in [6.07, 6.45) is 1.98. The average molecular weight is 320 g/mol. The molecule has 0 fully saturated rings. The van der Waals surface area contributed by atoms with Gasteiger partial charge in [0.1, 0.15) is 5.75 Å². The van der Waals surface area contributed by atoms with Gasteiger partial charge in [-0.1, -0.05) is 19.1 Å². The number of methoxy groups -OCH3 is 1. The van der Waals surface area contributed by atoms with E-state index in [0.29, 0.717) is 19.5 Å². The highest BCUT2D eigenvalue weighted by atomic mass is 16.5. The van der Waals surface area contributed by atoms with Crippen LogP contribution in [0.3, 0.4) is 0 Å². The highest BCUT2D eigenvalue weighted by molar-refractivity contribution is 5.78. The minimum atomic E-state index is -0.00997. The molecule has 0 spiro atoms. The molecule has 1 N–H and O–H groups in total. The molecule has 1 atom stereocenters. The van der Waals surface area contributed by atoms with Crippen LogP contribution in [0.4, 0.5) is 0 Å². The van der Waals surface area contributed by atoms with Crippen LogP contribution in [0, 0.1) is 0 Å². The summed E-state index contributed by atoms with van der Waals surface area (Å²) in [5.41, 5.74) is 1.11. The lowest BCUT2D eigenvalue weighted by Gasteiger charge is -2.21. The first-order valence-corrected chi connectivity index (χ1v) is 8.14. The van der Waals surface area contributed by atoms with Gasteiger partial charge in [-0.2, -0.15) is 0 Å². The molecule has 0 aromatic heterocycles. The smallest absolute Gasteiger partial charge is 0.221 e. The Morgan fingerprint density at radius 3 is 2.65 bits per heavy atom. The summed E-state index contributed by atoms with van der Waals surface area (Å²) in [5.74, 6) is 0.793. The molecule has 0 bridgehead atoms. The number of rotatable bonds is 9. The van der Waals surface area contributed by atoms with Gasteiger partial charge in [-0.15, -0.1) is 0 Å². The monoisotopic (exact) mass is 320 g/mol. The Morgan fingerprint density at radius 2 is 2.04 bits per heavy atom. The topological polar surface area (TPSA) is 58.6 Å². The van der Waals surface area contributed by atoms with E-state index in [2.05, 4.69) is 5.32 Å². The van der Waals surface area contributed by atoms with Gasteiger partial charge in [0.15, 0.2) is 0 Å². The van der Waals surface area contributed by atoms with E-state index in [1.807, 2.05) is 38.1 Å². The fourth-order valence-electron chi connectivity index (χ4n) is 2.20. The molecule has 5 heteroatoms. The van der Waals surface area contributed by atoms with Crippen molar-refractivity contribution in [1.29, 1.82) is 0 Å². The molecule has 1 aromatic rings. The summed E-state index contributed by atoms with van der Waals surface area (Å²) in [7, 11) is 1.64. The zero-order valence-electron chi connectivity index (χ0n) is 14.6. The van der Waals surface area contributed by atoms with Crippen LogP contribution in [0.15, 0.2) is 24.3 Å². The highest BCUT2D eigenvalue weighted by Gasteiger charge is 2.12. The zero-order valence-corrected chi connectivity index (χ0v) is 14.6. The van der Waals surface area contributed by atoms with Gasteiger partial charge in [-0.25, -0.2) is 0 Å². The second-order valence-electron chi connectivity index (χ2n) is 5.73. The van der Waals surface area contributed by atoms with Crippen molar-refractivity contribution >= 4 is 11.8 Å². The van der Waals surface area contributed by atoms with E-state index in [1.165, 1.54) is 6.92 Å². The quantitative estimate of drug-likeness (QED) is 0.760. The third-order valence-corrected chi connectivity index (χ3v) is 3.88. The molecule has 1 rings (SSSR count). The molecule has 23 heavy (non-hydrogen) atoms. The molecular formula is C18H28N2O3. The van der Waals surface area contributed by atoms with E-state index in [0.717, 1.165) is 24.2 Å². The number of amides is 2. The van der Waals surface area contributed by atoms with E-state index < -0.39 is 0 Å². The average Bonchev–Trinajstić information content (AvgIpc) is 2.54. The van der Waals surface area contributed by atoms with E-state index in [4.69, 9.17) is 4.74 Å². The van der Waals surface area contributed by atoms with Crippen LogP contribution in [-0.4, -0.2) is 43.0 Å². The van der Waals surface area contributed by atoms with Crippen LogP contribution < -0.4 is 10.1 Å². The van der Waals surface area contributed by atoms with Gasteiger partial charge < -0.3 is 15.0 Å². The maximum atomic E-state index is 11.8. The fraction of sp³-hybridized carbons (Fsp3) is 0.556. The number of ether oxygens (including phenoxy) is 1. The summed E-state index contributed by atoms with van der Waals surface area (Å²) >= 11 is 0. The van der Waals surface area contributed by atoms with Crippen LogP contribution in [0.5, 0.6) is 5.75 Å². The Balaban J connectivity index is 2.48. The second-order valence-corrected chi connectivity index (χ2v) is 5.73. The lowest BCUT2D eigenvalue weighted by Crippen LogP contribution is -2.37. The maximum Gasteiger partial charge on any atom is 0.221 e. The van der Waals surface area contributed by atoms with Crippen LogP contribution >= 0.6 is 0 Å². The number of hydrogen-bond donors (Lipinski definition) is 1. The minimum Gasteiger partial charge on any atom is -0.497 e. The number of nitrogens with zero attached hydrogens (tertiary/aromatic N) is 1. The molecule has 0 heterocycles. The Bertz CT molecular complexity index is 517. The molecule has 0 aliphatic rings. The maximum absolute atomic E-state index is 11.8. The lowest BCUT2D eigenvalue weighted by molar-refractivity contribution is -0.129. The van der Waals surface area contributed by atoms with Gasteiger partial charge in [0, 0.05) is 32.5 Å². The normalized spacial score (nSPS) is 11.7. The van der Waals surface area contributed by atoms with Gasteiger partial charge in [-0.05, 0) is 37.5 Å². The third kappa shape index (κ3) is 7.17. The predicted molar refractivity (Wildman–Crippen MR) is 91.5 cm³/mol. The van der Waals surface area contributed by atoms with Crippen molar-refractivity contribution in [2.24, 2.45) is 0 Å². The molecule has 0 radical (unpaired) electrons. The van der Waals surface area contributed by atoms with Crippen molar-refractivity contribution in [3.05, 3.63) is 29.8 Å². The molecular weight excluding hydrogens is 292 g/mol. The highest BCUT2D eigenvalue weighted by Crippen LogP contribution is 2.13. The first kappa shape index (κ1) is 19.0. The van der Waals surface area contributed by atoms with Crippen LogP contribution in [-0.2, 0) is 16.0 Å². The van der Waals surface area contributed by atoms with Crippen molar-refractivity contribution in [1.82, 2.24) is 10.2 Å². The molecule has 1 unspecified atom stereocenters. The van der Waals surface area contributed by atoms with E-state index >= 15 is 0 Å². The molecule has 0 saturated heterocycles. The van der Waals surface area contributed by atoms with Gasteiger partial charge in [0.05, 0.1) is 7.11 Å².